The topological polar surface area (TPSA) is 172 Å². The van der Waals surface area contributed by atoms with Crippen molar-refractivity contribution in [1.82, 2.24) is 24.4 Å². The lowest BCUT2D eigenvalue weighted by Gasteiger charge is -2.25. The second-order valence-corrected chi connectivity index (χ2v) is 10.6. The zero-order chi connectivity index (χ0) is 29.0. The number of hydrogen-bond donors (Lipinski definition) is 3. The van der Waals surface area contributed by atoms with E-state index in [1.165, 1.54) is 27.0 Å². The number of aliphatic imine (C=N–C) groups is 1. The van der Waals surface area contributed by atoms with E-state index in [4.69, 9.17) is 10.5 Å². The standard InChI is InChI=1S/C29H28N8O5/c30-25-22-26(33-14-32-25)36(15-34-22)28-24(39)23(38)21(42-28)10-11-35-20(12-16-13-31-19-9-5-4-8-18(16)19)27(40)37(29(35)41)17-6-2-1-3-7-17/h1-9,13-16,20-21,23-24,28,38-39H,10-12H2,(H2,30,32,33)/t16?,20?,21?,23?,24-,28-/m1/s1. The number of imide groups is 1. The van der Waals surface area contributed by atoms with E-state index in [1.807, 2.05) is 36.5 Å². The summed E-state index contributed by atoms with van der Waals surface area (Å²) in [5.74, 6) is -0.272. The molecule has 5 heterocycles. The van der Waals surface area contributed by atoms with Gasteiger partial charge in [-0.25, -0.2) is 24.6 Å². The lowest BCUT2D eigenvalue weighted by Crippen LogP contribution is -2.40. The molecule has 4 aromatic rings. The van der Waals surface area contributed by atoms with Gasteiger partial charge in [0.1, 0.15) is 30.1 Å². The molecule has 3 aliphatic rings. The largest absolute Gasteiger partial charge is 0.388 e. The number of aliphatic hydroxyl groups is 2. The molecule has 7 rings (SSSR count). The molecule has 2 aromatic heterocycles. The molecule has 2 aromatic carbocycles. The van der Waals surface area contributed by atoms with Crippen LogP contribution in [0.5, 0.6) is 0 Å². The summed E-state index contributed by atoms with van der Waals surface area (Å²) in [5.41, 5.74) is 8.96. The first-order valence-corrected chi connectivity index (χ1v) is 13.7. The van der Waals surface area contributed by atoms with E-state index in [1.54, 1.807) is 24.3 Å². The number of imidazole rings is 1. The highest BCUT2D eigenvalue weighted by atomic mass is 16.6. The van der Waals surface area contributed by atoms with Gasteiger partial charge < -0.3 is 25.6 Å². The van der Waals surface area contributed by atoms with Gasteiger partial charge >= 0.3 is 6.03 Å². The Bertz CT molecular complexity index is 1690. The molecule has 4 N–H and O–H groups in total. The molecule has 13 heteroatoms. The Morgan fingerprint density at radius 3 is 2.57 bits per heavy atom. The van der Waals surface area contributed by atoms with Crippen LogP contribution >= 0.6 is 0 Å². The fourth-order valence-corrected chi connectivity index (χ4v) is 6.05. The minimum absolute atomic E-state index is 0.116. The smallest absolute Gasteiger partial charge is 0.332 e. The molecular weight excluding hydrogens is 540 g/mol. The van der Waals surface area contributed by atoms with Crippen LogP contribution in [-0.2, 0) is 9.53 Å². The Hall–Kier alpha value is -4.72. The van der Waals surface area contributed by atoms with Crippen LogP contribution in [0.15, 0.2) is 72.2 Å². The number of nitrogens with two attached hydrogens (primary N) is 1. The normalized spacial score (nSPS) is 27.0. The number of rotatable bonds is 7. The van der Waals surface area contributed by atoms with Gasteiger partial charge in [0.05, 0.1) is 23.8 Å². The first-order chi connectivity index (χ1) is 20.4. The summed E-state index contributed by atoms with van der Waals surface area (Å²) >= 11 is 0. The van der Waals surface area contributed by atoms with Gasteiger partial charge in [-0.2, -0.15) is 0 Å². The first kappa shape index (κ1) is 26.2. The zero-order valence-electron chi connectivity index (χ0n) is 22.3. The van der Waals surface area contributed by atoms with E-state index < -0.39 is 36.6 Å². The number of hydrogen-bond acceptors (Lipinski definition) is 10. The number of aromatic nitrogens is 4. The molecule has 2 fully saturated rings. The van der Waals surface area contributed by atoms with Gasteiger partial charge in [-0.1, -0.05) is 36.4 Å². The van der Waals surface area contributed by atoms with Crippen LogP contribution in [-0.4, -0.2) is 83.7 Å². The third-order valence-electron chi connectivity index (χ3n) is 8.19. The number of urea groups is 1. The maximum atomic E-state index is 13.8. The summed E-state index contributed by atoms with van der Waals surface area (Å²) in [6.45, 7) is 0.116. The molecule has 0 aliphatic carbocycles. The highest BCUT2D eigenvalue weighted by Crippen LogP contribution is 2.38. The fourth-order valence-electron chi connectivity index (χ4n) is 6.05. The van der Waals surface area contributed by atoms with Gasteiger partial charge in [0.15, 0.2) is 17.7 Å². The summed E-state index contributed by atoms with van der Waals surface area (Å²) in [7, 11) is 0. The second-order valence-electron chi connectivity index (χ2n) is 10.6. The second kappa shape index (κ2) is 10.3. The van der Waals surface area contributed by atoms with Gasteiger partial charge in [0, 0.05) is 18.7 Å². The van der Waals surface area contributed by atoms with Crippen molar-refractivity contribution in [3.8, 4) is 0 Å². The minimum atomic E-state index is -1.29. The maximum Gasteiger partial charge on any atom is 0.332 e. The van der Waals surface area contributed by atoms with Crippen LogP contribution < -0.4 is 10.6 Å². The van der Waals surface area contributed by atoms with E-state index in [0.29, 0.717) is 23.3 Å². The van der Waals surface area contributed by atoms with Gasteiger partial charge in [-0.15, -0.1) is 0 Å². The maximum absolute atomic E-state index is 13.8. The third-order valence-corrected chi connectivity index (χ3v) is 8.19. The average molecular weight is 569 g/mol. The van der Waals surface area contributed by atoms with Crippen LogP contribution in [0.4, 0.5) is 22.0 Å². The van der Waals surface area contributed by atoms with Crippen molar-refractivity contribution in [3.63, 3.8) is 0 Å². The van der Waals surface area contributed by atoms with Gasteiger partial charge in [-0.05, 0) is 36.6 Å². The number of anilines is 2. The number of ether oxygens (including phenoxy) is 1. The van der Waals surface area contributed by atoms with Crippen LogP contribution in [0.25, 0.3) is 11.2 Å². The first-order valence-electron chi connectivity index (χ1n) is 13.7. The lowest BCUT2D eigenvalue weighted by molar-refractivity contribution is -0.120. The van der Waals surface area contributed by atoms with Crippen LogP contribution in [0.3, 0.4) is 0 Å². The van der Waals surface area contributed by atoms with Crippen molar-refractivity contribution < 1.29 is 24.5 Å². The number of para-hydroxylation sites is 2. The Kier molecular flexibility index (Phi) is 6.41. The van der Waals surface area contributed by atoms with E-state index >= 15 is 0 Å². The number of aliphatic hydroxyl groups excluding tert-OH is 2. The average Bonchev–Trinajstić information content (AvgIpc) is 3.74. The van der Waals surface area contributed by atoms with Crippen LogP contribution in [0.1, 0.15) is 30.6 Å². The number of nitrogens with zero attached hydrogens (tertiary/aromatic N) is 7. The summed E-state index contributed by atoms with van der Waals surface area (Å²) in [4.78, 5) is 47.1. The third kappa shape index (κ3) is 4.21. The molecular formula is C29H28N8O5. The number of fused-ring (bicyclic) bond motifs is 2. The number of carbonyl (C=O) groups is 2. The van der Waals surface area contributed by atoms with Crippen molar-refractivity contribution in [2.45, 2.75) is 49.3 Å². The lowest BCUT2D eigenvalue weighted by atomic mass is 9.93. The van der Waals surface area contributed by atoms with Crippen molar-refractivity contribution >= 4 is 46.5 Å². The number of nitrogen functional groups attached to an aromatic ring is 1. The molecule has 3 aliphatic heterocycles. The van der Waals surface area contributed by atoms with E-state index in [-0.39, 0.29) is 30.6 Å². The van der Waals surface area contributed by atoms with Crippen molar-refractivity contribution in [3.05, 3.63) is 72.8 Å². The van der Waals surface area contributed by atoms with Crippen LogP contribution in [0.2, 0.25) is 0 Å². The van der Waals surface area contributed by atoms with Crippen molar-refractivity contribution in [2.24, 2.45) is 4.99 Å². The summed E-state index contributed by atoms with van der Waals surface area (Å²) < 4.78 is 7.59. The zero-order valence-corrected chi connectivity index (χ0v) is 22.3. The molecule has 0 radical (unpaired) electrons. The fraction of sp³-hybridized carbons (Fsp3) is 0.310. The predicted molar refractivity (Wildman–Crippen MR) is 152 cm³/mol. The number of carbonyl (C=O) groups excluding carboxylic acids is 2. The summed E-state index contributed by atoms with van der Waals surface area (Å²) in [6, 6.07) is 15.4. The molecule has 0 saturated carbocycles. The highest BCUT2D eigenvalue weighted by molar-refractivity contribution is 6.21. The molecule has 13 nitrogen and oxygen atoms in total. The number of benzene rings is 2. The van der Waals surface area contributed by atoms with Gasteiger partial charge in [-0.3, -0.25) is 14.4 Å². The van der Waals surface area contributed by atoms with Gasteiger partial charge in [0.25, 0.3) is 5.91 Å². The molecule has 0 spiro atoms. The SMILES string of the molecule is Nc1ncnc2c1ncn2[C@@H]1OC(CCN2C(=O)N(c3ccccc3)C(=O)C2CC2C=Nc3ccccc32)C(O)[C@H]1O. The Balaban J connectivity index is 1.13. The Morgan fingerprint density at radius 1 is 0.952 bits per heavy atom. The van der Waals surface area contributed by atoms with Crippen LogP contribution in [0, 0.1) is 0 Å². The van der Waals surface area contributed by atoms with E-state index in [0.717, 1.165) is 11.3 Å². The van der Waals surface area contributed by atoms with Crippen molar-refractivity contribution in [2.75, 3.05) is 17.2 Å². The highest BCUT2D eigenvalue weighted by Gasteiger charge is 2.49. The van der Waals surface area contributed by atoms with E-state index in [9.17, 15) is 19.8 Å². The molecule has 4 unspecified atom stereocenters. The van der Waals surface area contributed by atoms with Crippen molar-refractivity contribution in [1.29, 1.82) is 0 Å². The molecule has 2 saturated heterocycles. The molecule has 42 heavy (non-hydrogen) atoms. The molecule has 6 atom stereocenters. The quantitative estimate of drug-likeness (QED) is 0.282. The molecule has 214 valence electrons. The summed E-state index contributed by atoms with van der Waals surface area (Å²) in [6.07, 6.45) is 0.709. The molecule has 3 amide bonds. The van der Waals surface area contributed by atoms with E-state index in [2.05, 4.69) is 19.9 Å². The molecule has 0 bridgehead atoms. The predicted octanol–water partition coefficient (Wildman–Crippen LogP) is 2.15. The van der Waals surface area contributed by atoms with Gasteiger partial charge in [0.2, 0.25) is 0 Å². The number of amides is 3. The summed E-state index contributed by atoms with van der Waals surface area (Å²) in [5, 5.41) is 21.8. The monoisotopic (exact) mass is 568 g/mol. The minimum Gasteiger partial charge on any atom is -0.388 e. The Morgan fingerprint density at radius 2 is 1.74 bits per heavy atom. The Labute approximate surface area is 239 Å².